The molecular weight excluding hydrogens is 382 g/mol. The third kappa shape index (κ3) is 4.17. The lowest BCUT2D eigenvalue weighted by atomic mass is 10.0. The summed E-state index contributed by atoms with van der Waals surface area (Å²) in [4.78, 5) is 31.0. The number of piperidine rings is 1. The van der Waals surface area contributed by atoms with Crippen molar-refractivity contribution in [2.75, 3.05) is 13.2 Å². The average molecular weight is 405 g/mol. The number of para-hydroxylation sites is 1. The maximum Gasteiger partial charge on any atom is 0.261 e. The van der Waals surface area contributed by atoms with Gasteiger partial charge in [-0.05, 0) is 37.5 Å². The van der Waals surface area contributed by atoms with Gasteiger partial charge in [0.2, 0.25) is 5.91 Å². The van der Waals surface area contributed by atoms with Gasteiger partial charge in [0.1, 0.15) is 11.6 Å². The fraction of sp³-hybridized carbons (Fsp3) is 0.273. The summed E-state index contributed by atoms with van der Waals surface area (Å²) in [5.74, 6) is 1.00. The van der Waals surface area contributed by atoms with Crippen LogP contribution in [-0.4, -0.2) is 45.0 Å². The molecule has 8 heteroatoms. The molecule has 1 unspecified atom stereocenters. The molecule has 2 aromatic carbocycles. The van der Waals surface area contributed by atoms with Crippen molar-refractivity contribution < 1.29 is 14.3 Å². The number of carbonyl (C=O) groups is 2. The highest BCUT2D eigenvalue weighted by Crippen LogP contribution is 2.30. The third-order valence-electron chi connectivity index (χ3n) is 5.18. The number of hydrogen-bond donors (Lipinski definition) is 2. The molecule has 2 heterocycles. The summed E-state index contributed by atoms with van der Waals surface area (Å²) in [5, 5.41) is 7.23. The van der Waals surface area contributed by atoms with E-state index in [-0.39, 0.29) is 18.6 Å². The molecule has 1 fully saturated rings. The number of amides is 2. The number of hydrogen-bond acceptors (Lipinski definition) is 5. The van der Waals surface area contributed by atoms with Crippen LogP contribution in [0.3, 0.4) is 0 Å². The first-order valence-corrected chi connectivity index (χ1v) is 9.92. The standard InChI is InChI=1S/C22H23N5O3/c23-20(29)16-10-4-5-11-17(16)21-24-22(26-25-21)18-12-6-7-13-27(18)19(28)14-30-15-8-2-1-3-9-15/h1-5,8-11,18H,6-7,12-14H2,(H2,23,29)(H,24,25,26). The summed E-state index contributed by atoms with van der Waals surface area (Å²) in [6.07, 6.45) is 2.70. The normalized spacial score (nSPS) is 16.3. The summed E-state index contributed by atoms with van der Waals surface area (Å²) in [6.45, 7) is 0.599. The number of nitrogens with zero attached hydrogens (tertiary/aromatic N) is 3. The van der Waals surface area contributed by atoms with Gasteiger partial charge in [-0.25, -0.2) is 4.98 Å². The number of nitrogens with two attached hydrogens (primary N) is 1. The minimum absolute atomic E-state index is 0.0357. The number of rotatable bonds is 6. The van der Waals surface area contributed by atoms with Gasteiger partial charge in [0.25, 0.3) is 5.91 Å². The van der Waals surface area contributed by atoms with Crippen LogP contribution in [0.15, 0.2) is 54.6 Å². The highest BCUT2D eigenvalue weighted by molar-refractivity contribution is 5.98. The largest absolute Gasteiger partial charge is 0.484 e. The lowest BCUT2D eigenvalue weighted by Gasteiger charge is -2.34. The highest BCUT2D eigenvalue weighted by atomic mass is 16.5. The predicted molar refractivity (Wildman–Crippen MR) is 111 cm³/mol. The van der Waals surface area contributed by atoms with Gasteiger partial charge in [0.05, 0.1) is 11.6 Å². The quantitative estimate of drug-likeness (QED) is 0.654. The number of H-pyrrole nitrogens is 1. The molecule has 1 aliphatic rings. The molecule has 154 valence electrons. The molecular formula is C22H23N5O3. The van der Waals surface area contributed by atoms with Crippen molar-refractivity contribution in [1.82, 2.24) is 20.1 Å². The first-order valence-electron chi connectivity index (χ1n) is 9.92. The molecule has 0 aliphatic carbocycles. The topological polar surface area (TPSA) is 114 Å². The van der Waals surface area contributed by atoms with Crippen molar-refractivity contribution >= 4 is 11.8 Å². The van der Waals surface area contributed by atoms with Gasteiger partial charge in [-0.2, -0.15) is 5.10 Å². The van der Waals surface area contributed by atoms with Gasteiger partial charge >= 0.3 is 0 Å². The van der Waals surface area contributed by atoms with Crippen LogP contribution in [0.1, 0.15) is 41.5 Å². The van der Waals surface area contributed by atoms with E-state index in [0.29, 0.717) is 35.1 Å². The van der Waals surface area contributed by atoms with Crippen LogP contribution in [0, 0.1) is 0 Å². The van der Waals surface area contributed by atoms with Crippen LogP contribution < -0.4 is 10.5 Å². The van der Waals surface area contributed by atoms with Crippen LogP contribution in [0.2, 0.25) is 0 Å². The van der Waals surface area contributed by atoms with Crippen molar-refractivity contribution in [1.29, 1.82) is 0 Å². The van der Waals surface area contributed by atoms with E-state index >= 15 is 0 Å². The van der Waals surface area contributed by atoms with E-state index in [0.717, 1.165) is 19.3 Å². The summed E-state index contributed by atoms with van der Waals surface area (Å²) < 4.78 is 5.63. The van der Waals surface area contributed by atoms with Crippen molar-refractivity contribution in [3.8, 4) is 17.1 Å². The van der Waals surface area contributed by atoms with Crippen LogP contribution >= 0.6 is 0 Å². The zero-order chi connectivity index (χ0) is 20.9. The van der Waals surface area contributed by atoms with Gasteiger partial charge in [-0.3, -0.25) is 14.7 Å². The van der Waals surface area contributed by atoms with Crippen molar-refractivity contribution in [3.63, 3.8) is 0 Å². The minimum Gasteiger partial charge on any atom is -0.484 e. The van der Waals surface area contributed by atoms with Gasteiger partial charge in [0.15, 0.2) is 12.4 Å². The molecule has 0 radical (unpaired) electrons. The minimum atomic E-state index is -0.538. The Morgan fingerprint density at radius 2 is 1.87 bits per heavy atom. The molecule has 8 nitrogen and oxygen atoms in total. The number of aromatic amines is 1. The van der Waals surface area contributed by atoms with Gasteiger partial charge < -0.3 is 15.4 Å². The van der Waals surface area contributed by atoms with Crippen LogP contribution in [-0.2, 0) is 4.79 Å². The summed E-state index contributed by atoms with van der Waals surface area (Å²) in [7, 11) is 0. The fourth-order valence-corrected chi connectivity index (χ4v) is 3.70. The zero-order valence-corrected chi connectivity index (χ0v) is 16.5. The molecule has 0 spiro atoms. The lowest BCUT2D eigenvalue weighted by Crippen LogP contribution is -2.41. The Labute approximate surface area is 174 Å². The first kappa shape index (κ1) is 19.6. The summed E-state index contributed by atoms with van der Waals surface area (Å²) >= 11 is 0. The summed E-state index contributed by atoms with van der Waals surface area (Å²) in [6, 6.07) is 16.0. The maximum absolute atomic E-state index is 12.9. The highest BCUT2D eigenvalue weighted by Gasteiger charge is 2.31. The molecule has 0 bridgehead atoms. The number of benzene rings is 2. The Bertz CT molecular complexity index is 1030. The zero-order valence-electron chi connectivity index (χ0n) is 16.5. The SMILES string of the molecule is NC(=O)c1ccccc1-c1n[nH]c(C2CCCCN2C(=O)COc2ccccc2)n1. The maximum atomic E-state index is 12.9. The number of ether oxygens (including phenoxy) is 1. The van der Waals surface area contributed by atoms with E-state index in [4.69, 9.17) is 10.5 Å². The second-order valence-corrected chi connectivity index (χ2v) is 7.15. The smallest absolute Gasteiger partial charge is 0.261 e. The molecule has 30 heavy (non-hydrogen) atoms. The van der Waals surface area contributed by atoms with Crippen LogP contribution in [0.25, 0.3) is 11.4 Å². The van der Waals surface area contributed by atoms with E-state index in [2.05, 4.69) is 15.2 Å². The molecule has 4 rings (SSSR count). The Morgan fingerprint density at radius 1 is 1.10 bits per heavy atom. The van der Waals surface area contributed by atoms with Crippen molar-refractivity contribution in [3.05, 3.63) is 66.0 Å². The molecule has 1 aromatic heterocycles. The molecule has 1 aliphatic heterocycles. The van der Waals surface area contributed by atoms with Gasteiger partial charge in [-0.1, -0.05) is 36.4 Å². The molecule has 3 N–H and O–H groups in total. The van der Waals surface area contributed by atoms with E-state index in [1.165, 1.54) is 0 Å². The molecule has 0 saturated carbocycles. The van der Waals surface area contributed by atoms with Gasteiger partial charge in [-0.15, -0.1) is 0 Å². The van der Waals surface area contributed by atoms with Crippen LogP contribution in [0.5, 0.6) is 5.75 Å². The number of nitrogens with one attached hydrogen (secondary N) is 1. The Balaban J connectivity index is 1.52. The Kier molecular flexibility index (Phi) is 5.74. The third-order valence-corrected chi connectivity index (χ3v) is 5.18. The second-order valence-electron chi connectivity index (χ2n) is 7.15. The van der Waals surface area contributed by atoms with Crippen molar-refractivity contribution in [2.45, 2.75) is 25.3 Å². The fourth-order valence-electron chi connectivity index (χ4n) is 3.70. The lowest BCUT2D eigenvalue weighted by molar-refractivity contribution is -0.137. The van der Waals surface area contributed by atoms with E-state index in [1.807, 2.05) is 30.3 Å². The van der Waals surface area contributed by atoms with E-state index in [1.54, 1.807) is 29.2 Å². The van der Waals surface area contributed by atoms with Crippen molar-refractivity contribution in [2.24, 2.45) is 5.73 Å². The van der Waals surface area contributed by atoms with E-state index in [9.17, 15) is 9.59 Å². The monoisotopic (exact) mass is 405 g/mol. The molecule has 2 amide bonds. The number of carbonyl (C=O) groups excluding carboxylic acids is 2. The molecule has 1 saturated heterocycles. The van der Waals surface area contributed by atoms with E-state index < -0.39 is 5.91 Å². The first-order chi connectivity index (χ1) is 14.6. The van der Waals surface area contributed by atoms with Gasteiger partial charge in [0, 0.05) is 12.1 Å². The summed E-state index contributed by atoms with van der Waals surface area (Å²) in [5.41, 5.74) is 6.39. The predicted octanol–water partition coefficient (Wildman–Crippen LogP) is 2.70. The number of aromatic nitrogens is 3. The Hall–Kier alpha value is -3.68. The Morgan fingerprint density at radius 3 is 2.67 bits per heavy atom. The molecule has 1 atom stereocenters. The van der Waals surface area contributed by atoms with Crippen LogP contribution in [0.4, 0.5) is 0 Å². The molecule has 3 aromatic rings. The number of primary amides is 1. The second kappa shape index (κ2) is 8.77. The average Bonchev–Trinajstić information content (AvgIpc) is 3.28. The number of likely N-dealkylation sites (tertiary alicyclic amines) is 1.